The van der Waals surface area contributed by atoms with Gasteiger partial charge in [-0.3, -0.25) is 19.3 Å². The fourth-order valence-corrected chi connectivity index (χ4v) is 5.27. The molecule has 0 radical (unpaired) electrons. The molecule has 2 aliphatic carbocycles. The van der Waals surface area contributed by atoms with E-state index in [9.17, 15) is 23.6 Å². The number of hydrogen-bond donors (Lipinski definition) is 3. The number of carbonyl (C=O) groups excluding carboxylic acids is 2. The molecule has 6 rings (SSSR count). The van der Waals surface area contributed by atoms with Crippen LogP contribution in [-0.2, 0) is 11.3 Å². The third-order valence-electron chi connectivity index (χ3n) is 7.63. The van der Waals surface area contributed by atoms with Crippen molar-refractivity contribution in [3.05, 3.63) is 60.2 Å². The molecular formula is C29H29F2N9O2. The molecule has 4 heterocycles. The van der Waals surface area contributed by atoms with Gasteiger partial charge in [0.1, 0.15) is 12.6 Å². The molecule has 0 aromatic carbocycles. The van der Waals surface area contributed by atoms with Crippen LogP contribution in [0.1, 0.15) is 54.4 Å². The normalized spacial score (nSPS) is 18.5. The van der Waals surface area contributed by atoms with E-state index in [1.165, 1.54) is 24.8 Å². The highest BCUT2D eigenvalue weighted by Gasteiger charge is 2.32. The molecule has 2 aliphatic rings. The van der Waals surface area contributed by atoms with Crippen molar-refractivity contribution in [3.63, 3.8) is 0 Å². The zero-order valence-electron chi connectivity index (χ0n) is 22.6. The summed E-state index contributed by atoms with van der Waals surface area (Å²) in [7, 11) is 0. The Morgan fingerprint density at radius 1 is 1.00 bits per heavy atom. The summed E-state index contributed by atoms with van der Waals surface area (Å²) in [5.74, 6) is -0.0154. The first-order valence-electron chi connectivity index (χ1n) is 13.9. The minimum atomic E-state index is -2.56. The van der Waals surface area contributed by atoms with Crippen LogP contribution in [0.4, 0.5) is 20.2 Å². The number of nitriles is 1. The van der Waals surface area contributed by atoms with Crippen LogP contribution in [0.3, 0.4) is 0 Å². The zero-order valence-corrected chi connectivity index (χ0v) is 22.6. The molecule has 0 atom stereocenters. The molecule has 42 heavy (non-hydrogen) atoms. The van der Waals surface area contributed by atoms with Gasteiger partial charge in [0.25, 0.3) is 12.3 Å². The van der Waals surface area contributed by atoms with E-state index >= 15 is 0 Å². The Kier molecular flexibility index (Phi) is 7.52. The summed E-state index contributed by atoms with van der Waals surface area (Å²) < 4.78 is 28.5. The van der Waals surface area contributed by atoms with Gasteiger partial charge in [-0.1, -0.05) is 0 Å². The highest BCUT2D eigenvalue weighted by Crippen LogP contribution is 2.31. The third kappa shape index (κ3) is 6.07. The van der Waals surface area contributed by atoms with E-state index in [-0.39, 0.29) is 35.4 Å². The van der Waals surface area contributed by atoms with E-state index in [1.54, 1.807) is 16.6 Å². The highest BCUT2D eigenvalue weighted by atomic mass is 19.3. The van der Waals surface area contributed by atoms with E-state index in [0.717, 1.165) is 43.2 Å². The minimum absolute atomic E-state index is 0.0546. The van der Waals surface area contributed by atoms with Gasteiger partial charge in [-0.2, -0.15) is 15.5 Å². The molecular weight excluding hydrogens is 544 g/mol. The number of fused-ring (bicyclic) bond motifs is 1. The lowest BCUT2D eigenvalue weighted by molar-refractivity contribution is -0.123. The largest absolute Gasteiger partial charge is 0.353 e. The number of amides is 2. The molecule has 0 unspecified atom stereocenters. The molecule has 4 aromatic heterocycles. The summed E-state index contributed by atoms with van der Waals surface area (Å²) >= 11 is 0. The number of rotatable bonds is 9. The molecule has 13 heteroatoms. The number of nitrogens with zero attached hydrogens (tertiary/aromatic N) is 6. The maximum Gasteiger partial charge on any atom is 0.257 e. The van der Waals surface area contributed by atoms with Crippen molar-refractivity contribution in [2.24, 2.45) is 5.92 Å². The van der Waals surface area contributed by atoms with Crippen LogP contribution in [0, 0.1) is 17.2 Å². The van der Waals surface area contributed by atoms with Crippen molar-refractivity contribution in [3.8, 4) is 17.5 Å². The van der Waals surface area contributed by atoms with Gasteiger partial charge < -0.3 is 16.0 Å². The van der Waals surface area contributed by atoms with Gasteiger partial charge >= 0.3 is 0 Å². The number of alkyl halides is 2. The number of pyridine rings is 1. The van der Waals surface area contributed by atoms with Gasteiger partial charge in [-0.15, -0.1) is 0 Å². The first kappa shape index (κ1) is 27.3. The second-order valence-corrected chi connectivity index (χ2v) is 10.8. The fourth-order valence-electron chi connectivity index (χ4n) is 5.27. The fraction of sp³-hybridized carbons (Fsp3) is 0.379. The quantitative estimate of drug-likeness (QED) is 0.274. The van der Waals surface area contributed by atoms with Gasteiger partial charge in [0.15, 0.2) is 0 Å². The summed E-state index contributed by atoms with van der Waals surface area (Å²) in [6.45, 7) is -0.549. The SMILES string of the molecule is N#Cc1cnn2c(-c3cc(Nc4cnn(CC(F)F)c4)c(C(=O)NC4CCC(NC(=O)C5CC5)CC4)cn3)ccc2c1. The molecule has 0 spiro atoms. The van der Waals surface area contributed by atoms with E-state index in [0.29, 0.717) is 33.8 Å². The number of nitrogens with one attached hydrogen (secondary N) is 3. The Morgan fingerprint density at radius 3 is 2.48 bits per heavy atom. The van der Waals surface area contributed by atoms with Crippen molar-refractivity contribution in [2.75, 3.05) is 5.32 Å². The van der Waals surface area contributed by atoms with Crippen LogP contribution in [0.2, 0.25) is 0 Å². The standard InChI is InChI=1S/C29H29F2N9O2/c30-27(31)16-39-15-21(13-34-39)36-24-10-25(26-8-7-22-9-17(11-32)12-35-40(22)26)33-14-23(24)29(42)38-20-5-3-19(4-6-20)37-28(41)18-1-2-18/h7-10,12-15,18-20,27H,1-6,16H2,(H,33,36)(H,37,41)(H,38,42). The lowest BCUT2D eigenvalue weighted by atomic mass is 9.90. The average Bonchev–Trinajstić information content (AvgIpc) is 3.62. The smallest absolute Gasteiger partial charge is 0.257 e. The van der Waals surface area contributed by atoms with Crippen LogP contribution in [0.5, 0.6) is 0 Å². The second kappa shape index (κ2) is 11.6. The lowest BCUT2D eigenvalue weighted by Crippen LogP contribution is -2.44. The number of halogens is 2. The van der Waals surface area contributed by atoms with Crippen molar-refractivity contribution >= 4 is 28.7 Å². The van der Waals surface area contributed by atoms with E-state index in [1.807, 2.05) is 12.1 Å². The Labute approximate surface area is 239 Å². The van der Waals surface area contributed by atoms with Crippen molar-refractivity contribution in [2.45, 2.75) is 63.6 Å². The van der Waals surface area contributed by atoms with Crippen LogP contribution < -0.4 is 16.0 Å². The summed E-state index contributed by atoms with van der Waals surface area (Å²) in [5, 5.41) is 26.9. The van der Waals surface area contributed by atoms with Gasteiger partial charge in [-0.25, -0.2) is 13.3 Å². The predicted molar refractivity (Wildman–Crippen MR) is 149 cm³/mol. The average molecular weight is 574 g/mol. The summed E-state index contributed by atoms with van der Waals surface area (Å²) in [6.07, 6.45) is 8.22. The first-order chi connectivity index (χ1) is 20.4. The van der Waals surface area contributed by atoms with Crippen LogP contribution >= 0.6 is 0 Å². The minimum Gasteiger partial charge on any atom is -0.353 e. The maximum absolute atomic E-state index is 13.5. The van der Waals surface area contributed by atoms with E-state index in [2.05, 4.69) is 37.2 Å². The molecule has 2 fully saturated rings. The monoisotopic (exact) mass is 573 g/mol. The Morgan fingerprint density at radius 2 is 1.76 bits per heavy atom. The molecule has 3 N–H and O–H groups in total. The second-order valence-electron chi connectivity index (χ2n) is 10.8. The molecule has 2 saturated carbocycles. The third-order valence-corrected chi connectivity index (χ3v) is 7.63. The van der Waals surface area contributed by atoms with E-state index in [4.69, 9.17) is 0 Å². The molecule has 0 aliphatic heterocycles. The van der Waals surface area contributed by atoms with Crippen molar-refractivity contribution in [1.82, 2.24) is 35.0 Å². The van der Waals surface area contributed by atoms with Crippen LogP contribution in [0.25, 0.3) is 16.9 Å². The Balaban J connectivity index is 1.23. The van der Waals surface area contributed by atoms with Crippen LogP contribution in [-0.4, -0.2) is 54.7 Å². The van der Waals surface area contributed by atoms with Gasteiger partial charge in [0.05, 0.1) is 51.8 Å². The first-order valence-corrected chi connectivity index (χ1v) is 13.9. The maximum atomic E-state index is 13.5. The Hall–Kier alpha value is -4.86. The molecule has 0 bridgehead atoms. The van der Waals surface area contributed by atoms with Gasteiger partial charge in [0, 0.05) is 30.4 Å². The Bertz CT molecular complexity index is 1660. The number of carbonyl (C=O) groups is 2. The summed E-state index contributed by atoms with van der Waals surface area (Å²) in [6, 6.07) is 9.18. The predicted octanol–water partition coefficient (Wildman–Crippen LogP) is 4.04. The molecule has 11 nitrogen and oxygen atoms in total. The topological polar surface area (TPSA) is 142 Å². The molecule has 0 saturated heterocycles. The van der Waals surface area contributed by atoms with Crippen molar-refractivity contribution < 1.29 is 18.4 Å². The highest BCUT2D eigenvalue weighted by molar-refractivity contribution is 6.00. The van der Waals surface area contributed by atoms with E-state index < -0.39 is 13.0 Å². The van der Waals surface area contributed by atoms with Gasteiger partial charge in [-0.05, 0) is 62.8 Å². The summed E-state index contributed by atoms with van der Waals surface area (Å²) in [5.41, 5.74) is 3.43. The molecule has 4 aromatic rings. The number of aromatic nitrogens is 5. The molecule has 216 valence electrons. The zero-order chi connectivity index (χ0) is 29.2. The molecule has 2 amide bonds. The number of anilines is 2. The van der Waals surface area contributed by atoms with Crippen LogP contribution in [0.15, 0.2) is 49.1 Å². The van der Waals surface area contributed by atoms with Crippen molar-refractivity contribution in [1.29, 1.82) is 5.26 Å². The van der Waals surface area contributed by atoms with Gasteiger partial charge in [0.2, 0.25) is 5.91 Å². The lowest BCUT2D eigenvalue weighted by Gasteiger charge is -2.30. The summed E-state index contributed by atoms with van der Waals surface area (Å²) in [4.78, 5) is 30.1. The number of hydrogen-bond acceptors (Lipinski definition) is 7.